The molecule has 0 saturated heterocycles. The Balaban J connectivity index is 2.22. The minimum Gasteiger partial charge on any atom is -0.282 e. The standard InChI is InChI=1S/C13H14ClNO2/c14-6-3-7-15-12(16)8-10-4-1-2-5-11(10)9-13(15)17/h1-2,4-5H,3,6-9H2. The van der Waals surface area contributed by atoms with Gasteiger partial charge in [0.1, 0.15) is 0 Å². The summed E-state index contributed by atoms with van der Waals surface area (Å²) in [5.41, 5.74) is 1.92. The zero-order valence-corrected chi connectivity index (χ0v) is 10.2. The second kappa shape index (κ2) is 5.32. The van der Waals surface area contributed by atoms with Crippen LogP contribution in [0.5, 0.6) is 0 Å². The molecule has 1 aliphatic rings. The van der Waals surface area contributed by atoms with Gasteiger partial charge in [0, 0.05) is 12.4 Å². The molecule has 1 aromatic rings. The highest BCUT2D eigenvalue weighted by molar-refractivity contribution is 6.17. The number of rotatable bonds is 3. The van der Waals surface area contributed by atoms with E-state index in [0.29, 0.717) is 31.7 Å². The molecule has 1 heterocycles. The van der Waals surface area contributed by atoms with Gasteiger partial charge in [-0.1, -0.05) is 24.3 Å². The maximum atomic E-state index is 12.0. The third-order valence-corrected chi connectivity index (χ3v) is 3.19. The van der Waals surface area contributed by atoms with Crippen LogP contribution in [-0.4, -0.2) is 29.1 Å². The Morgan fingerprint density at radius 3 is 2.06 bits per heavy atom. The van der Waals surface area contributed by atoms with Crippen LogP contribution >= 0.6 is 11.6 Å². The second-order valence-corrected chi connectivity index (χ2v) is 4.48. The Hall–Kier alpha value is -1.35. The molecule has 0 radical (unpaired) electrons. The lowest BCUT2D eigenvalue weighted by molar-refractivity contribution is -0.143. The average molecular weight is 252 g/mol. The molecule has 0 saturated carbocycles. The quantitative estimate of drug-likeness (QED) is 0.607. The highest BCUT2D eigenvalue weighted by atomic mass is 35.5. The summed E-state index contributed by atoms with van der Waals surface area (Å²) in [6.07, 6.45) is 1.27. The number of imide groups is 1. The minimum atomic E-state index is -0.120. The molecule has 0 unspecified atom stereocenters. The molecule has 0 N–H and O–H groups in total. The SMILES string of the molecule is O=C1Cc2ccccc2CC(=O)N1CCCCl. The summed E-state index contributed by atoms with van der Waals surface area (Å²) in [5, 5.41) is 0. The molecule has 0 aliphatic carbocycles. The lowest BCUT2D eigenvalue weighted by Gasteiger charge is -2.17. The summed E-state index contributed by atoms with van der Waals surface area (Å²) in [6.45, 7) is 0.426. The zero-order valence-electron chi connectivity index (χ0n) is 9.49. The largest absolute Gasteiger partial charge is 0.282 e. The second-order valence-electron chi connectivity index (χ2n) is 4.10. The Morgan fingerprint density at radius 2 is 1.59 bits per heavy atom. The third kappa shape index (κ3) is 2.67. The highest BCUT2D eigenvalue weighted by Gasteiger charge is 2.26. The van der Waals surface area contributed by atoms with Gasteiger partial charge in [-0.3, -0.25) is 14.5 Å². The number of carbonyl (C=O) groups excluding carboxylic acids is 2. The van der Waals surface area contributed by atoms with Crippen molar-refractivity contribution >= 4 is 23.4 Å². The van der Waals surface area contributed by atoms with Gasteiger partial charge in [-0.05, 0) is 17.5 Å². The van der Waals surface area contributed by atoms with Crippen molar-refractivity contribution < 1.29 is 9.59 Å². The predicted molar refractivity (Wildman–Crippen MR) is 65.9 cm³/mol. The molecule has 90 valence electrons. The third-order valence-electron chi connectivity index (χ3n) is 2.92. The molecule has 0 bridgehead atoms. The number of fused-ring (bicyclic) bond motifs is 1. The van der Waals surface area contributed by atoms with E-state index < -0.39 is 0 Å². The molecule has 2 rings (SSSR count). The number of halogens is 1. The van der Waals surface area contributed by atoms with Crippen LogP contribution in [0.4, 0.5) is 0 Å². The maximum Gasteiger partial charge on any atom is 0.233 e. The van der Waals surface area contributed by atoms with E-state index in [4.69, 9.17) is 11.6 Å². The van der Waals surface area contributed by atoms with Gasteiger partial charge in [0.2, 0.25) is 11.8 Å². The van der Waals surface area contributed by atoms with Crippen LogP contribution < -0.4 is 0 Å². The van der Waals surface area contributed by atoms with E-state index in [9.17, 15) is 9.59 Å². The monoisotopic (exact) mass is 251 g/mol. The van der Waals surface area contributed by atoms with Crippen LogP contribution in [0, 0.1) is 0 Å². The van der Waals surface area contributed by atoms with Crippen LogP contribution in [0.3, 0.4) is 0 Å². The fourth-order valence-electron chi connectivity index (χ4n) is 2.03. The van der Waals surface area contributed by atoms with Gasteiger partial charge in [-0.2, -0.15) is 0 Å². The Kier molecular flexibility index (Phi) is 3.79. The molecule has 0 aromatic heterocycles. The van der Waals surface area contributed by atoms with E-state index in [-0.39, 0.29) is 11.8 Å². The first-order valence-electron chi connectivity index (χ1n) is 5.68. The van der Waals surface area contributed by atoms with E-state index in [1.807, 2.05) is 24.3 Å². The van der Waals surface area contributed by atoms with Crippen molar-refractivity contribution in [1.82, 2.24) is 4.90 Å². The van der Waals surface area contributed by atoms with Gasteiger partial charge in [-0.25, -0.2) is 0 Å². The molecular formula is C13H14ClNO2. The number of hydrogen-bond acceptors (Lipinski definition) is 2. The van der Waals surface area contributed by atoms with Crippen molar-refractivity contribution in [2.75, 3.05) is 12.4 Å². The van der Waals surface area contributed by atoms with E-state index >= 15 is 0 Å². The smallest absolute Gasteiger partial charge is 0.233 e. The number of carbonyl (C=O) groups is 2. The fraction of sp³-hybridized carbons (Fsp3) is 0.385. The van der Waals surface area contributed by atoms with Gasteiger partial charge in [0.05, 0.1) is 12.8 Å². The van der Waals surface area contributed by atoms with Crippen molar-refractivity contribution in [3.05, 3.63) is 35.4 Å². The van der Waals surface area contributed by atoms with E-state index in [0.717, 1.165) is 11.1 Å². The first-order chi connectivity index (χ1) is 8.22. The molecule has 1 aromatic carbocycles. The lowest BCUT2D eigenvalue weighted by Crippen LogP contribution is -2.37. The van der Waals surface area contributed by atoms with Crippen molar-refractivity contribution in [2.45, 2.75) is 19.3 Å². The predicted octanol–water partition coefficient (Wildman–Crippen LogP) is 1.77. The highest BCUT2D eigenvalue weighted by Crippen LogP contribution is 2.17. The van der Waals surface area contributed by atoms with Crippen molar-refractivity contribution in [3.8, 4) is 0 Å². The van der Waals surface area contributed by atoms with Gasteiger partial charge in [0.15, 0.2) is 0 Å². The molecular weight excluding hydrogens is 238 g/mol. The Morgan fingerprint density at radius 1 is 1.06 bits per heavy atom. The van der Waals surface area contributed by atoms with Crippen molar-refractivity contribution in [3.63, 3.8) is 0 Å². The number of benzene rings is 1. The summed E-state index contributed by atoms with van der Waals surface area (Å²) in [5.74, 6) is 0.222. The van der Waals surface area contributed by atoms with Gasteiger partial charge < -0.3 is 0 Å². The first kappa shape index (κ1) is 12.1. The molecule has 0 spiro atoms. The Bertz CT molecular complexity index is 408. The van der Waals surface area contributed by atoms with Crippen LogP contribution in [-0.2, 0) is 22.4 Å². The minimum absolute atomic E-state index is 0.120. The van der Waals surface area contributed by atoms with E-state index in [2.05, 4.69) is 0 Å². The van der Waals surface area contributed by atoms with Gasteiger partial charge in [0.25, 0.3) is 0 Å². The zero-order chi connectivity index (χ0) is 12.3. The summed E-state index contributed by atoms with van der Waals surface area (Å²) < 4.78 is 0. The van der Waals surface area contributed by atoms with Crippen LogP contribution in [0.1, 0.15) is 17.5 Å². The number of hydrogen-bond donors (Lipinski definition) is 0. The number of nitrogens with zero attached hydrogens (tertiary/aromatic N) is 1. The molecule has 1 aliphatic heterocycles. The van der Waals surface area contributed by atoms with Crippen LogP contribution in [0.15, 0.2) is 24.3 Å². The number of alkyl halides is 1. The maximum absolute atomic E-state index is 12.0. The summed E-state index contributed by atoms with van der Waals surface area (Å²) in [7, 11) is 0. The topological polar surface area (TPSA) is 37.4 Å². The Labute approximate surface area is 105 Å². The van der Waals surface area contributed by atoms with Gasteiger partial charge in [-0.15, -0.1) is 11.6 Å². The summed E-state index contributed by atoms with van der Waals surface area (Å²) in [4.78, 5) is 25.2. The number of amides is 2. The normalized spacial score (nSPS) is 15.7. The molecule has 2 amide bonds. The van der Waals surface area contributed by atoms with Crippen LogP contribution in [0.2, 0.25) is 0 Å². The molecule has 17 heavy (non-hydrogen) atoms. The molecule has 3 nitrogen and oxygen atoms in total. The molecule has 4 heteroatoms. The van der Waals surface area contributed by atoms with Crippen molar-refractivity contribution in [2.24, 2.45) is 0 Å². The van der Waals surface area contributed by atoms with Gasteiger partial charge >= 0.3 is 0 Å². The summed E-state index contributed by atoms with van der Waals surface area (Å²) >= 11 is 5.60. The van der Waals surface area contributed by atoms with Crippen molar-refractivity contribution in [1.29, 1.82) is 0 Å². The van der Waals surface area contributed by atoms with Crippen LogP contribution in [0.25, 0.3) is 0 Å². The molecule has 0 atom stereocenters. The average Bonchev–Trinajstić information content (AvgIpc) is 2.43. The fourth-order valence-corrected chi connectivity index (χ4v) is 2.14. The van der Waals surface area contributed by atoms with E-state index in [1.54, 1.807) is 0 Å². The first-order valence-corrected chi connectivity index (χ1v) is 6.22. The summed E-state index contributed by atoms with van der Waals surface area (Å²) in [6, 6.07) is 7.60. The lowest BCUT2D eigenvalue weighted by atomic mass is 10.0. The molecule has 0 fully saturated rings. The van der Waals surface area contributed by atoms with E-state index in [1.165, 1.54) is 4.90 Å².